The van der Waals surface area contributed by atoms with Crippen molar-refractivity contribution in [2.75, 3.05) is 11.9 Å². The zero-order valence-electron chi connectivity index (χ0n) is 11.5. The molecule has 1 amide bonds. The van der Waals surface area contributed by atoms with Gasteiger partial charge in [-0.2, -0.15) is 0 Å². The number of nitrogens with one attached hydrogen (secondary N) is 2. The molecule has 19 heavy (non-hydrogen) atoms. The third-order valence-electron chi connectivity index (χ3n) is 2.82. The van der Waals surface area contributed by atoms with Gasteiger partial charge < -0.3 is 10.6 Å². The standard InChI is InChI=1S/C14H20Cl2N2O/c1-4-5-10(3)18-14(19)8-17-13-7-11(15)9(2)6-12(13)16/h6-7,10,17H,4-5,8H2,1-3H3,(H,18,19). The maximum Gasteiger partial charge on any atom is 0.239 e. The number of carbonyl (C=O) groups is 1. The Bertz CT molecular complexity index is 449. The number of carbonyl (C=O) groups excluding carboxylic acids is 1. The summed E-state index contributed by atoms with van der Waals surface area (Å²) in [6.07, 6.45) is 2.02. The second kappa shape index (κ2) is 7.61. The SMILES string of the molecule is CCCC(C)NC(=O)CNc1cc(Cl)c(C)cc1Cl. The first-order chi connectivity index (χ1) is 8.93. The van der Waals surface area contributed by atoms with Crippen LogP contribution in [-0.2, 0) is 4.79 Å². The lowest BCUT2D eigenvalue weighted by atomic mass is 10.2. The van der Waals surface area contributed by atoms with Gasteiger partial charge in [-0.1, -0.05) is 36.5 Å². The molecule has 1 aromatic carbocycles. The molecule has 0 aliphatic carbocycles. The molecule has 0 saturated carbocycles. The van der Waals surface area contributed by atoms with Gasteiger partial charge in [0.05, 0.1) is 17.3 Å². The number of rotatable bonds is 6. The van der Waals surface area contributed by atoms with Gasteiger partial charge in [-0.25, -0.2) is 0 Å². The van der Waals surface area contributed by atoms with Crippen LogP contribution in [0.25, 0.3) is 0 Å². The van der Waals surface area contributed by atoms with E-state index in [-0.39, 0.29) is 18.5 Å². The quantitative estimate of drug-likeness (QED) is 0.833. The number of hydrogen-bond donors (Lipinski definition) is 2. The summed E-state index contributed by atoms with van der Waals surface area (Å²) in [6, 6.07) is 3.71. The van der Waals surface area contributed by atoms with E-state index in [4.69, 9.17) is 23.2 Å². The molecule has 1 unspecified atom stereocenters. The summed E-state index contributed by atoms with van der Waals surface area (Å²) >= 11 is 12.1. The molecule has 0 saturated heterocycles. The average molecular weight is 303 g/mol. The van der Waals surface area contributed by atoms with Gasteiger partial charge in [-0.3, -0.25) is 4.79 Å². The Morgan fingerprint density at radius 3 is 2.63 bits per heavy atom. The maximum atomic E-state index is 11.7. The number of anilines is 1. The molecular formula is C14H20Cl2N2O. The van der Waals surface area contributed by atoms with Gasteiger partial charge in [0.25, 0.3) is 0 Å². The molecule has 0 radical (unpaired) electrons. The van der Waals surface area contributed by atoms with Crippen molar-refractivity contribution in [1.29, 1.82) is 0 Å². The van der Waals surface area contributed by atoms with Gasteiger partial charge in [0.15, 0.2) is 0 Å². The minimum Gasteiger partial charge on any atom is -0.375 e. The van der Waals surface area contributed by atoms with Crippen molar-refractivity contribution >= 4 is 34.8 Å². The van der Waals surface area contributed by atoms with Crippen molar-refractivity contribution in [2.45, 2.75) is 39.7 Å². The Balaban J connectivity index is 2.53. The van der Waals surface area contributed by atoms with Gasteiger partial charge in [-0.15, -0.1) is 0 Å². The average Bonchev–Trinajstić information content (AvgIpc) is 2.32. The van der Waals surface area contributed by atoms with Gasteiger partial charge in [-0.05, 0) is 38.0 Å². The highest BCUT2D eigenvalue weighted by Crippen LogP contribution is 2.28. The number of amides is 1. The summed E-state index contributed by atoms with van der Waals surface area (Å²) < 4.78 is 0. The van der Waals surface area contributed by atoms with Crippen molar-refractivity contribution in [2.24, 2.45) is 0 Å². The third-order valence-corrected chi connectivity index (χ3v) is 3.54. The molecule has 5 heteroatoms. The van der Waals surface area contributed by atoms with E-state index in [0.29, 0.717) is 15.7 Å². The first kappa shape index (κ1) is 16.1. The zero-order chi connectivity index (χ0) is 14.4. The second-order valence-corrected chi connectivity index (χ2v) is 5.51. The van der Waals surface area contributed by atoms with Crippen molar-refractivity contribution in [3.63, 3.8) is 0 Å². The fraction of sp³-hybridized carbons (Fsp3) is 0.500. The molecule has 0 spiro atoms. The van der Waals surface area contributed by atoms with Crippen molar-refractivity contribution in [3.05, 3.63) is 27.7 Å². The highest BCUT2D eigenvalue weighted by Gasteiger charge is 2.08. The summed E-state index contributed by atoms with van der Waals surface area (Å²) in [5.41, 5.74) is 1.59. The summed E-state index contributed by atoms with van der Waals surface area (Å²) in [4.78, 5) is 11.7. The topological polar surface area (TPSA) is 41.1 Å². The molecule has 1 atom stereocenters. The van der Waals surface area contributed by atoms with Gasteiger partial charge in [0.1, 0.15) is 0 Å². The molecule has 1 rings (SSSR count). The fourth-order valence-electron chi connectivity index (χ4n) is 1.79. The maximum absolute atomic E-state index is 11.7. The first-order valence-electron chi connectivity index (χ1n) is 6.43. The largest absolute Gasteiger partial charge is 0.375 e. The van der Waals surface area contributed by atoms with Crippen LogP contribution in [0.4, 0.5) is 5.69 Å². The number of halogens is 2. The van der Waals surface area contributed by atoms with E-state index in [2.05, 4.69) is 17.6 Å². The Morgan fingerprint density at radius 2 is 2.00 bits per heavy atom. The lowest BCUT2D eigenvalue weighted by Crippen LogP contribution is -2.36. The summed E-state index contributed by atoms with van der Waals surface area (Å²) in [7, 11) is 0. The Kier molecular flexibility index (Phi) is 6.46. The summed E-state index contributed by atoms with van der Waals surface area (Å²) in [5.74, 6) is -0.0475. The minimum atomic E-state index is -0.0475. The van der Waals surface area contributed by atoms with Crippen LogP contribution in [0.1, 0.15) is 32.3 Å². The number of benzene rings is 1. The molecule has 0 aromatic heterocycles. The smallest absolute Gasteiger partial charge is 0.239 e. The number of hydrogen-bond acceptors (Lipinski definition) is 2. The van der Waals surface area contributed by atoms with E-state index in [0.717, 1.165) is 18.4 Å². The van der Waals surface area contributed by atoms with Gasteiger partial charge in [0.2, 0.25) is 5.91 Å². The molecule has 0 heterocycles. The molecule has 2 N–H and O–H groups in total. The molecule has 106 valence electrons. The van der Waals surface area contributed by atoms with E-state index in [9.17, 15) is 4.79 Å². The third kappa shape index (κ3) is 5.29. The molecular weight excluding hydrogens is 283 g/mol. The minimum absolute atomic E-state index is 0.0475. The van der Waals surface area contributed by atoms with Crippen molar-refractivity contribution < 1.29 is 4.79 Å². The van der Waals surface area contributed by atoms with E-state index >= 15 is 0 Å². The molecule has 3 nitrogen and oxygen atoms in total. The lowest BCUT2D eigenvalue weighted by Gasteiger charge is -2.14. The molecule has 0 aliphatic rings. The van der Waals surface area contributed by atoms with Crippen LogP contribution in [0, 0.1) is 6.92 Å². The Hall–Kier alpha value is -0.930. The summed E-state index contributed by atoms with van der Waals surface area (Å²) in [6.45, 7) is 6.16. The van der Waals surface area contributed by atoms with Gasteiger partial charge in [0, 0.05) is 11.1 Å². The van der Waals surface area contributed by atoms with Crippen LogP contribution < -0.4 is 10.6 Å². The van der Waals surface area contributed by atoms with E-state index in [1.807, 2.05) is 13.8 Å². The monoisotopic (exact) mass is 302 g/mol. The highest BCUT2D eigenvalue weighted by atomic mass is 35.5. The van der Waals surface area contributed by atoms with Gasteiger partial charge >= 0.3 is 0 Å². The van der Waals surface area contributed by atoms with E-state index < -0.39 is 0 Å². The van der Waals surface area contributed by atoms with Crippen molar-refractivity contribution in [1.82, 2.24) is 5.32 Å². The molecule has 0 aliphatic heterocycles. The molecule has 1 aromatic rings. The van der Waals surface area contributed by atoms with Crippen molar-refractivity contribution in [3.8, 4) is 0 Å². The normalized spacial score (nSPS) is 12.1. The van der Waals surface area contributed by atoms with Crippen LogP contribution in [-0.4, -0.2) is 18.5 Å². The van der Waals surface area contributed by atoms with Crippen LogP contribution in [0.3, 0.4) is 0 Å². The number of aryl methyl sites for hydroxylation is 1. The Labute approximate surface area is 124 Å². The lowest BCUT2D eigenvalue weighted by molar-refractivity contribution is -0.120. The molecule has 0 bridgehead atoms. The van der Waals surface area contributed by atoms with Crippen LogP contribution in [0.5, 0.6) is 0 Å². The summed E-state index contributed by atoms with van der Waals surface area (Å²) in [5, 5.41) is 7.12. The zero-order valence-corrected chi connectivity index (χ0v) is 13.0. The predicted molar refractivity (Wildman–Crippen MR) is 82.2 cm³/mol. The van der Waals surface area contributed by atoms with E-state index in [1.54, 1.807) is 12.1 Å². The molecule has 0 fully saturated rings. The van der Waals surface area contributed by atoms with E-state index in [1.165, 1.54) is 0 Å². The first-order valence-corrected chi connectivity index (χ1v) is 7.18. The second-order valence-electron chi connectivity index (χ2n) is 4.69. The van der Waals surface area contributed by atoms with Crippen LogP contribution in [0.15, 0.2) is 12.1 Å². The van der Waals surface area contributed by atoms with Crippen LogP contribution >= 0.6 is 23.2 Å². The predicted octanol–water partition coefficient (Wildman–Crippen LogP) is 4.02. The van der Waals surface area contributed by atoms with Crippen LogP contribution in [0.2, 0.25) is 10.0 Å². The highest BCUT2D eigenvalue weighted by molar-refractivity contribution is 6.35. The Morgan fingerprint density at radius 1 is 1.32 bits per heavy atom. The fourth-order valence-corrected chi connectivity index (χ4v) is 2.24.